The van der Waals surface area contributed by atoms with Crippen LogP contribution < -0.4 is 10.6 Å². The van der Waals surface area contributed by atoms with Gasteiger partial charge in [0.25, 0.3) is 5.91 Å². The number of amides is 2. The van der Waals surface area contributed by atoms with Crippen molar-refractivity contribution < 1.29 is 9.59 Å². The Labute approximate surface area is 126 Å². The predicted octanol–water partition coefficient (Wildman–Crippen LogP) is 1.67. The van der Waals surface area contributed by atoms with Gasteiger partial charge in [0.15, 0.2) is 0 Å². The van der Waals surface area contributed by atoms with Gasteiger partial charge in [-0.25, -0.2) is 9.97 Å². The minimum Gasteiger partial charge on any atom is -0.359 e. The van der Waals surface area contributed by atoms with Gasteiger partial charge in [-0.15, -0.1) is 0 Å². The molecule has 6 nitrogen and oxygen atoms in total. The first-order valence-electron chi connectivity index (χ1n) is 6.17. The fourth-order valence-electron chi connectivity index (χ4n) is 1.67. The summed E-state index contributed by atoms with van der Waals surface area (Å²) in [6.45, 7) is 0. The second-order valence-electron chi connectivity index (χ2n) is 4.19. The van der Waals surface area contributed by atoms with Crippen molar-refractivity contribution in [1.82, 2.24) is 15.3 Å². The van der Waals surface area contributed by atoms with E-state index in [-0.39, 0.29) is 23.2 Å². The Bertz CT molecular complexity index is 658. The lowest BCUT2D eigenvalue weighted by molar-refractivity contribution is -0.119. The summed E-state index contributed by atoms with van der Waals surface area (Å²) in [5.74, 6) is -0.550. The summed E-state index contributed by atoms with van der Waals surface area (Å²) in [5, 5.41) is 5.47. The molecule has 0 saturated heterocycles. The number of carbonyl (C=O) groups is 2. The van der Waals surface area contributed by atoms with Crippen molar-refractivity contribution in [3.8, 4) is 0 Å². The topological polar surface area (TPSA) is 84.0 Å². The first kappa shape index (κ1) is 14.9. The van der Waals surface area contributed by atoms with Crippen LogP contribution in [0.3, 0.4) is 0 Å². The molecule has 21 heavy (non-hydrogen) atoms. The van der Waals surface area contributed by atoms with Gasteiger partial charge in [-0.2, -0.15) is 0 Å². The molecule has 0 fully saturated rings. The molecule has 2 N–H and O–H groups in total. The van der Waals surface area contributed by atoms with Crippen LogP contribution in [0, 0.1) is 0 Å². The molecule has 108 valence electrons. The van der Waals surface area contributed by atoms with E-state index in [1.54, 1.807) is 31.3 Å². The molecule has 0 bridgehead atoms. The number of likely N-dealkylation sites (N-methyl/N-ethyl adjacent to an activating group) is 1. The third kappa shape index (κ3) is 4.00. The lowest BCUT2D eigenvalue weighted by atomic mass is 10.1. The predicted molar refractivity (Wildman–Crippen MR) is 79.2 cm³/mol. The maximum Gasteiger partial charge on any atom is 0.275 e. The average molecular weight is 305 g/mol. The van der Waals surface area contributed by atoms with E-state index < -0.39 is 5.91 Å². The van der Waals surface area contributed by atoms with E-state index in [0.29, 0.717) is 11.3 Å². The molecule has 2 rings (SSSR count). The number of hydrogen-bond donors (Lipinski definition) is 2. The lowest BCUT2D eigenvalue weighted by Gasteiger charge is -2.10. The summed E-state index contributed by atoms with van der Waals surface area (Å²) < 4.78 is 0. The largest absolute Gasteiger partial charge is 0.359 e. The van der Waals surface area contributed by atoms with Crippen LogP contribution in [0.1, 0.15) is 16.1 Å². The molecule has 0 aliphatic heterocycles. The number of hydrogen-bond acceptors (Lipinski definition) is 4. The van der Waals surface area contributed by atoms with E-state index in [4.69, 9.17) is 11.6 Å². The Balaban J connectivity index is 2.17. The molecule has 1 heterocycles. The number of benzene rings is 1. The van der Waals surface area contributed by atoms with E-state index in [1.165, 1.54) is 12.4 Å². The zero-order valence-corrected chi connectivity index (χ0v) is 12.0. The highest BCUT2D eigenvalue weighted by Gasteiger charge is 2.12. The second kappa shape index (κ2) is 6.81. The van der Waals surface area contributed by atoms with Crippen molar-refractivity contribution >= 4 is 29.1 Å². The fourth-order valence-corrected chi connectivity index (χ4v) is 1.77. The third-order valence-electron chi connectivity index (χ3n) is 2.75. The van der Waals surface area contributed by atoms with Gasteiger partial charge in [0.1, 0.15) is 10.8 Å². The lowest BCUT2D eigenvalue weighted by Crippen LogP contribution is -2.21. The number of nitrogens with one attached hydrogen (secondary N) is 2. The zero-order chi connectivity index (χ0) is 15.2. The van der Waals surface area contributed by atoms with Gasteiger partial charge >= 0.3 is 0 Å². The van der Waals surface area contributed by atoms with Gasteiger partial charge in [0, 0.05) is 12.7 Å². The zero-order valence-electron chi connectivity index (χ0n) is 11.3. The summed E-state index contributed by atoms with van der Waals surface area (Å²) in [5.41, 5.74) is 1.42. The highest BCUT2D eigenvalue weighted by Crippen LogP contribution is 2.16. The molecule has 0 saturated carbocycles. The number of para-hydroxylation sites is 1. The highest BCUT2D eigenvalue weighted by molar-refractivity contribution is 6.29. The van der Waals surface area contributed by atoms with E-state index in [9.17, 15) is 9.59 Å². The third-order valence-corrected chi connectivity index (χ3v) is 2.94. The van der Waals surface area contributed by atoms with Crippen LogP contribution in [0.4, 0.5) is 5.69 Å². The van der Waals surface area contributed by atoms with Crippen LogP contribution in [-0.4, -0.2) is 28.8 Å². The molecule has 0 radical (unpaired) electrons. The van der Waals surface area contributed by atoms with Crippen LogP contribution in [0.5, 0.6) is 0 Å². The fraction of sp³-hybridized carbons (Fsp3) is 0.143. The van der Waals surface area contributed by atoms with Gasteiger partial charge < -0.3 is 10.6 Å². The Kier molecular flexibility index (Phi) is 4.84. The molecule has 1 aromatic carbocycles. The first-order chi connectivity index (χ1) is 10.1. The van der Waals surface area contributed by atoms with E-state index >= 15 is 0 Å². The number of halogens is 1. The van der Waals surface area contributed by atoms with Crippen molar-refractivity contribution in [2.24, 2.45) is 0 Å². The molecule has 0 atom stereocenters. The Morgan fingerprint density at radius 2 is 1.95 bits per heavy atom. The van der Waals surface area contributed by atoms with Crippen LogP contribution in [0.15, 0.2) is 36.7 Å². The van der Waals surface area contributed by atoms with Gasteiger partial charge in [-0.05, 0) is 11.6 Å². The summed E-state index contributed by atoms with van der Waals surface area (Å²) in [7, 11) is 1.56. The van der Waals surface area contributed by atoms with Gasteiger partial charge in [-0.3, -0.25) is 9.59 Å². The smallest absolute Gasteiger partial charge is 0.275 e. The number of carbonyl (C=O) groups excluding carboxylic acids is 2. The van der Waals surface area contributed by atoms with Crippen molar-refractivity contribution in [1.29, 1.82) is 0 Å². The summed E-state index contributed by atoms with van der Waals surface area (Å²) in [6, 6.07) is 7.07. The molecule has 2 aromatic rings. The molecule has 7 heteroatoms. The van der Waals surface area contributed by atoms with Crippen LogP contribution >= 0.6 is 11.6 Å². The molecular weight excluding hydrogens is 292 g/mol. The number of anilines is 1. The quantitative estimate of drug-likeness (QED) is 0.900. The molecule has 0 aliphatic rings. The van der Waals surface area contributed by atoms with E-state index in [0.717, 1.165) is 0 Å². The highest BCUT2D eigenvalue weighted by atomic mass is 35.5. The van der Waals surface area contributed by atoms with Crippen molar-refractivity contribution in [2.45, 2.75) is 6.42 Å². The molecule has 0 unspecified atom stereocenters. The molecule has 1 aromatic heterocycles. The minimum atomic E-state index is -0.413. The number of aromatic nitrogens is 2. The standard InChI is InChI=1S/C14H13ClN4O2/c1-16-13(20)6-9-4-2-3-5-10(9)19-14(21)11-7-18-12(15)8-17-11/h2-5,7-8H,6H2,1H3,(H,16,20)(H,19,21). The summed E-state index contributed by atoms with van der Waals surface area (Å²) in [4.78, 5) is 31.2. The first-order valence-corrected chi connectivity index (χ1v) is 6.55. The van der Waals surface area contributed by atoms with Gasteiger partial charge in [0.05, 0.1) is 18.8 Å². The minimum absolute atomic E-state index is 0.136. The van der Waals surface area contributed by atoms with Crippen LogP contribution in [0.2, 0.25) is 5.15 Å². The number of nitrogens with zero attached hydrogens (tertiary/aromatic N) is 2. The Morgan fingerprint density at radius 1 is 1.19 bits per heavy atom. The van der Waals surface area contributed by atoms with Crippen LogP contribution in [0.25, 0.3) is 0 Å². The van der Waals surface area contributed by atoms with Crippen molar-refractivity contribution in [2.75, 3.05) is 12.4 Å². The molecule has 0 spiro atoms. The van der Waals surface area contributed by atoms with Crippen molar-refractivity contribution in [3.05, 3.63) is 53.1 Å². The molecule has 2 amide bonds. The maximum atomic E-state index is 12.1. The van der Waals surface area contributed by atoms with Gasteiger partial charge in [-0.1, -0.05) is 29.8 Å². The molecular formula is C14H13ClN4O2. The van der Waals surface area contributed by atoms with Crippen LogP contribution in [-0.2, 0) is 11.2 Å². The monoisotopic (exact) mass is 304 g/mol. The molecule has 0 aliphatic carbocycles. The Morgan fingerprint density at radius 3 is 2.62 bits per heavy atom. The van der Waals surface area contributed by atoms with Crippen molar-refractivity contribution in [3.63, 3.8) is 0 Å². The Hall–Kier alpha value is -2.47. The van der Waals surface area contributed by atoms with Gasteiger partial charge in [0.2, 0.25) is 5.91 Å². The maximum absolute atomic E-state index is 12.1. The van der Waals surface area contributed by atoms with E-state index in [1.807, 2.05) is 0 Å². The number of rotatable bonds is 4. The summed E-state index contributed by atoms with van der Waals surface area (Å²) in [6.07, 6.45) is 2.77. The van der Waals surface area contributed by atoms with E-state index in [2.05, 4.69) is 20.6 Å². The average Bonchev–Trinajstić information content (AvgIpc) is 2.49. The second-order valence-corrected chi connectivity index (χ2v) is 4.57. The summed E-state index contributed by atoms with van der Waals surface area (Å²) >= 11 is 5.63. The SMILES string of the molecule is CNC(=O)Cc1ccccc1NC(=O)c1cnc(Cl)cn1. The normalized spacial score (nSPS) is 10.0.